The van der Waals surface area contributed by atoms with Crippen molar-refractivity contribution in [2.75, 3.05) is 26.7 Å². The molecule has 1 atom stereocenters. The number of carbonyl (C=O) groups excluding carboxylic acids is 1. The number of carbonyl (C=O) groups is 1. The van der Waals surface area contributed by atoms with E-state index in [1.807, 2.05) is 23.1 Å². The molecule has 2 saturated heterocycles. The average molecular weight is 367 g/mol. The highest BCUT2D eigenvalue weighted by Gasteiger charge is 2.30. The van der Waals surface area contributed by atoms with Gasteiger partial charge in [0, 0.05) is 23.6 Å². The fourth-order valence-corrected chi connectivity index (χ4v) is 3.97. The first-order chi connectivity index (χ1) is 10.7. The van der Waals surface area contributed by atoms with Gasteiger partial charge in [0.25, 0.3) is 5.91 Å². The number of hydrogen-bond acceptors (Lipinski definition) is 3. The van der Waals surface area contributed by atoms with Gasteiger partial charge in [-0.05, 0) is 56.3 Å². The second-order valence-corrected chi connectivity index (χ2v) is 7.09. The van der Waals surface area contributed by atoms with Crippen LogP contribution in [0.4, 0.5) is 0 Å². The third-order valence-corrected chi connectivity index (χ3v) is 5.38. The molecule has 0 aromatic heterocycles. The van der Waals surface area contributed by atoms with Crippen LogP contribution in [0.5, 0.6) is 5.75 Å². The number of halogens is 1. The monoisotopic (exact) mass is 366 g/mol. The molecule has 1 aromatic carbocycles. The molecule has 3 rings (SSSR count). The van der Waals surface area contributed by atoms with E-state index in [1.54, 1.807) is 7.11 Å². The highest BCUT2D eigenvalue weighted by atomic mass is 79.9. The van der Waals surface area contributed by atoms with Gasteiger partial charge in [-0.15, -0.1) is 0 Å². The van der Waals surface area contributed by atoms with Crippen molar-refractivity contribution in [3.05, 3.63) is 28.2 Å². The van der Waals surface area contributed by atoms with E-state index in [0.29, 0.717) is 17.4 Å². The van der Waals surface area contributed by atoms with Crippen LogP contribution < -0.4 is 10.1 Å². The highest BCUT2D eigenvalue weighted by Crippen LogP contribution is 2.29. The SMILES string of the molecule is COc1cc(Br)ccc1C(=O)N1CCC(C2CCCN2)CC1. The summed E-state index contributed by atoms with van der Waals surface area (Å²) in [5, 5.41) is 3.60. The molecule has 120 valence electrons. The van der Waals surface area contributed by atoms with Gasteiger partial charge in [-0.3, -0.25) is 4.79 Å². The molecule has 2 aliphatic rings. The predicted octanol–water partition coefficient (Wildman–Crippen LogP) is 3.06. The number of methoxy groups -OCH3 is 1. The molecule has 0 bridgehead atoms. The lowest BCUT2D eigenvalue weighted by atomic mass is 9.88. The standard InChI is InChI=1S/C17H23BrN2O2/c1-22-16-11-13(18)4-5-14(16)17(21)20-9-6-12(7-10-20)15-3-2-8-19-15/h4-5,11-12,15,19H,2-3,6-10H2,1H3. The predicted molar refractivity (Wildman–Crippen MR) is 90.3 cm³/mol. The first-order valence-corrected chi connectivity index (χ1v) is 8.84. The molecule has 22 heavy (non-hydrogen) atoms. The summed E-state index contributed by atoms with van der Waals surface area (Å²) >= 11 is 3.42. The maximum Gasteiger partial charge on any atom is 0.257 e. The summed E-state index contributed by atoms with van der Waals surface area (Å²) in [5.74, 6) is 1.44. The molecule has 0 aliphatic carbocycles. The third-order valence-electron chi connectivity index (χ3n) is 4.89. The zero-order valence-corrected chi connectivity index (χ0v) is 14.6. The number of likely N-dealkylation sites (tertiary alicyclic amines) is 1. The van der Waals surface area contributed by atoms with Crippen molar-refractivity contribution in [3.8, 4) is 5.75 Å². The molecule has 2 fully saturated rings. The first kappa shape index (κ1) is 15.8. The minimum absolute atomic E-state index is 0.0854. The van der Waals surface area contributed by atoms with E-state index in [-0.39, 0.29) is 5.91 Å². The van der Waals surface area contributed by atoms with E-state index >= 15 is 0 Å². The van der Waals surface area contributed by atoms with Gasteiger partial charge >= 0.3 is 0 Å². The zero-order valence-electron chi connectivity index (χ0n) is 13.0. The highest BCUT2D eigenvalue weighted by molar-refractivity contribution is 9.10. The summed E-state index contributed by atoms with van der Waals surface area (Å²) in [5.41, 5.74) is 0.656. The van der Waals surface area contributed by atoms with E-state index < -0.39 is 0 Å². The smallest absolute Gasteiger partial charge is 0.257 e. The van der Waals surface area contributed by atoms with Crippen molar-refractivity contribution in [1.82, 2.24) is 10.2 Å². The Morgan fingerprint density at radius 1 is 1.32 bits per heavy atom. The van der Waals surface area contributed by atoms with Gasteiger partial charge in [-0.1, -0.05) is 15.9 Å². The van der Waals surface area contributed by atoms with Crippen LogP contribution >= 0.6 is 15.9 Å². The average Bonchev–Trinajstić information content (AvgIpc) is 3.08. The Bertz CT molecular complexity index is 535. The minimum atomic E-state index is 0.0854. The summed E-state index contributed by atoms with van der Waals surface area (Å²) in [7, 11) is 1.61. The molecule has 2 aliphatic heterocycles. The number of hydrogen-bond donors (Lipinski definition) is 1. The molecule has 1 amide bonds. The molecule has 1 aromatic rings. The second kappa shape index (κ2) is 7.01. The Hall–Kier alpha value is -1.07. The molecule has 2 heterocycles. The number of piperidine rings is 1. The summed E-state index contributed by atoms with van der Waals surface area (Å²) in [6, 6.07) is 6.25. The number of ether oxygens (including phenoxy) is 1. The fraction of sp³-hybridized carbons (Fsp3) is 0.588. The Kier molecular flexibility index (Phi) is 5.03. The Morgan fingerprint density at radius 3 is 2.73 bits per heavy atom. The number of benzene rings is 1. The number of nitrogens with one attached hydrogen (secondary N) is 1. The molecular weight excluding hydrogens is 344 g/mol. The van der Waals surface area contributed by atoms with Crippen molar-refractivity contribution in [2.24, 2.45) is 5.92 Å². The van der Waals surface area contributed by atoms with E-state index in [2.05, 4.69) is 21.2 Å². The zero-order chi connectivity index (χ0) is 15.5. The van der Waals surface area contributed by atoms with Crippen LogP contribution in [-0.2, 0) is 0 Å². The quantitative estimate of drug-likeness (QED) is 0.893. The van der Waals surface area contributed by atoms with Gasteiger partial charge in [-0.25, -0.2) is 0 Å². The van der Waals surface area contributed by atoms with Gasteiger partial charge in [-0.2, -0.15) is 0 Å². The van der Waals surface area contributed by atoms with Gasteiger partial charge in [0.05, 0.1) is 12.7 Å². The lowest BCUT2D eigenvalue weighted by Gasteiger charge is -2.35. The van der Waals surface area contributed by atoms with Crippen LogP contribution in [0.3, 0.4) is 0 Å². The van der Waals surface area contributed by atoms with E-state index in [0.717, 1.165) is 42.9 Å². The first-order valence-electron chi connectivity index (χ1n) is 8.05. The Balaban J connectivity index is 1.64. The van der Waals surface area contributed by atoms with Crippen molar-refractivity contribution in [2.45, 2.75) is 31.7 Å². The molecule has 0 spiro atoms. The maximum atomic E-state index is 12.7. The number of amides is 1. The third kappa shape index (κ3) is 3.30. The summed E-state index contributed by atoms with van der Waals surface area (Å²) in [6.07, 6.45) is 4.78. The lowest BCUT2D eigenvalue weighted by Crippen LogP contribution is -2.43. The molecule has 1 N–H and O–H groups in total. The van der Waals surface area contributed by atoms with Crippen LogP contribution in [-0.4, -0.2) is 43.6 Å². The number of rotatable bonds is 3. The molecular formula is C17H23BrN2O2. The molecule has 1 unspecified atom stereocenters. The van der Waals surface area contributed by atoms with Crippen molar-refractivity contribution >= 4 is 21.8 Å². The van der Waals surface area contributed by atoms with Crippen LogP contribution in [0, 0.1) is 5.92 Å². The van der Waals surface area contributed by atoms with Crippen LogP contribution in [0.1, 0.15) is 36.0 Å². The van der Waals surface area contributed by atoms with Crippen molar-refractivity contribution in [1.29, 1.82) is 0 Å². The van der Waals surface area contributed by atoms with Crippen LogP contribution in [0.15, 0.2) is 22.7 Å². The van der Waals surface area contributed by atoms with E-state index in [1.165, 1.54) is 12.8 Å². The lowest BCUT2D eigenvalue weighted by molar-refractivity contribution is 0.0671. The topological polar surface area (TPSA) is 41.6 Å². The van der Waals surface area contributed by atoms with Crippen molar-refractivity contribution < 1.29 is 9.53 Å². The summed E-state index contributed by atoms with van der Waals surface area (Å²) in [6.45, 7) is 2.85. The largest absolute Gasteiger partial charge is 0.496 e. The summed E-state index contributed by atoms with van der Waals surface area (Å²) in [4.78, 5) is 14.7. The molecule has 0 saturated carbocycles. The van der Waals surface area contributed by atoms with Gasteiger partial charge in [0.15, 0.2) is 0 Å². The normalized spacial score (nSPS) is 22.8. The molecule has 0 radical (unpaired) electrons. The minimum Gasteiger partial charge on any atom is -0.496 e. The number of nitrogens with zero attached hydrogens (tertiary/aromatic N) is 1. The van der Waals surface area contributed by atoms with Crippen LogP contribution in [0.2, 0.25) is 0 Å². The van der Waals surface area contributed by atoms with E-state index in [9.17, 15) is 4.79 Å². The summed E-state index contributed by atoms with van der Waals surface area (Å²) < 4.78 is 6.28. The maximum absolute atomic E-state index is 12.7. The van der Waals surface area contributed by atoms with Gasteiger partial charge in [0.2, 0.25) is 0 Å². The van der Waals surface area contributed by atoms with Gasteiger partial charge in [0.1, 0.15) is 5.75 Å². The molecule has 5 heteroatoms. The van der Waals surface area contributed by atoms with E-state index in [4.69, 9.17) is 4.74 Å². The molecule has 4 nitrogen and oxygen atoms in total. The fourth-order valence-electron chi connectivity index (χ4n) is 3.63. The Morgan fingerprint density at radius 2 is 2.09 bits per heavy atom. The van der Waals surface area contributed by atoms with Crippen LogP contribution in [0.25, 0.3) is 0 Å². The van der Waals surface area contributed by atoms with Gasteiger partial charge < -0.3 is 15.0 Å². The van der Waals surface area contributed by atoms with Crippen molar-refractivity contribution in [3.63, 3.8) is 0 Å². The second-order valence-electron chi connectivity index (χ2n) is 6.18. The Labute approximate surface area is 140 Å².